The Hall–Kier alpha value is 0.270. The number of thiol groups is 1. The second-order valence-corrected chi connectivity index (χ2v) is 5.08. The molecule has 0 saturated carbocycles. The molecule has 0 amide bonds. The zero-order valence-corrected chi connectivity index (χ0v) is 11.5. The van der Waals surface area contributed by atoms with Crippen molar-refractivity contribution in [3.05, 3.63) is 0 Å². The molecule has 0 spiro atoms. The zero-order chi connectivity index (χ0) is 12.3. The molecule has 1 atom stereocenters. The molecule has 0 aromatic heterocycles. The van der Waals surface area contributed by atoms with Gasteiger partial charge in [0.1, 0.15) is 0 Å². The molecule has 0 bridgehead atoms. The van der Waals surface area contributed by atoms with Gasteiger partial charge in [-0.3, -0.25) is 0 Å². The van der Waals surface area contributed by atoms with E-state index in [1.165, 1.54) is 38.5 Å². The fraction of sp³-hybridized carbons (Fsp3) is 1.00. The Bertz CT molecular complexity index is 147. The molecular formula is C13H28O2S. The van der Waals surface area contributed by atoms with Gasteiger partial charge >= 0.3 is 0 Å². The Labute approximate surface area is 106 Å². The normalized spacial score (nSPS) is 15.0. The first-order valence-corrected chi connectivity index (χ1v) is 7.26. The number of aliphatic hydroxyl groups is 2. The van der Waals surface area contributed by atoms with Crippen LogP contribution in [0.4, 0.5) is 0 Å². The van der Waals surface area contributed by atoms with Gasteiger partial charge in [0.05, 0.1) is 12.2 Å². The summed E-state index contributed by atoms with van der Waals surface area (Å²) in [6.07, 6.45) is 10.7. The summed E-state index contributed by atoms with van der Waals surface area (Å²) in [5, 5.41) is 18.8. The van der Waals surface area contributed by atoms with E-state index in [1.807, 2.05) is 0 Å². The van der Waals surface area contributed by atoms with Crippen molar-refractivity contribution in [3.8, 4) is 0 Å². The summed E-state index contributed by atoms with van der Waals surface area (Å²) in [5.41, 5.74) is -0.953. The first-order valence-electron chi connectivity index (χ1n) is 6.62. The second-order valence-electron chi connectivity index (χ2n) is 4.77. The maximum absolute atomic E-state index is 9.78. The molecule has 1 unspecified atom stereocenters. The summed E-state index contributed by atoms with van der Waals surface area (Å²) in [6, 6.07) is 0. The standard InChI is InChI=1S/C13H28O2S/c1-2-3-4-5-6-7-8-9-10-13(15,11-14)12-16/h14-16H,2-12H2,1H3. The van der Waals surface area contributed by atoms with Crippen molar-refractivity contribution in [2.75, 3.05) is 12.4 Å². The number of hydrogen-bond donors (Lipinski definition) is 3. The lowest BCUT2D eigenvalue weighted by molar-refractivity contribution is -0.00243. The summed E-state index contributed by atoms with van der Waals surface area (Å²) in [4.78, 5) is 0. The smallest absolute Gasteiger partial charge is 0.0964 e. The van der Waals surface area contributed by atoms with Crippen molar-refractivity contribution in [2.45, 2.75) is 70.3 Å². The van der Waals surface area contributed by atoms with Crippen molar-refractivity contribution in [1.29, 1.82) is 0 Å². The van der Waals surface area contributed by atoms with E-state index in [0.717, 1.165) is 12.8 Å². The first kappa shape index (κ1) is 16.3. The van der Waals surface area contributed by atoms with Gasteiger partial charge in [-0.25, -0.2) is 0 Å². The number of aliphatic hydroxyl groups excluding tert-OH is 1. The van der Waals surface area contributed by atoms with E-state index in [9.17, 15) is 5.11 Å². The molecular weight excluding hydrogens is 220 g/mol. The minimum atomic E-state index is -0.953. The van der Waals surface area contributed by atoms with Gasteiger partial charge in [0.15, 0.2) is 0 Å². The molecule has 0 heterocycles. The van der Waals surface area contributed by atoms with Crippen molar-refractivity contribution < 1.29 is 10.2 Å². The molecule has 0 rings (SSSR count). The van der Waals surface area contributed by atoms with Crippen LogP contribution in [0.2, 0.25) is 0 Å². The van der Waals surface area contributed by atoms with E-state index < -0.39 is 5.60 Å². The highest BCUT2D eigenvalue weighted by molar-refractivity contribution is 7.80. The Kier molecular flexibility index (Phi) is 10.6. The van der Waals surface area contributed by atoms with Crippen LogP contribution in [-0.4, -0.2) is 28.2 Å². The zero-order valence-electron chi connectivity index (χ0n) is 10.6. The molecule has 98 valence electrons. The lowest BCUT2D eigenvalue weighted by Crippen LogP contribution is -2.35. The van der Waals surface area contributed by atoms with E-state index in [2.05, 4.69) is 19.6 Å². The van der Waals surface area contributed by atoms with Gasteiger partial charge in [0.2, 0.25) is 0 Å². The van der Waals surface area contributed by atoms with Crippen LogP contribution in [0, 0.1) is 0 Å². The van der Waals surface area contributed by atoms with Crippen molar-refractivity contribution in [3.63, 3.8) is 0 Å². The van der Waals surface area contributed by atoms with Gasteiger partial charge < -0.3 is 10.2 Å². The largest absolute Gasteiger partial charge is 0.393 e. The van der Waals surface area contributed by atoms with Gasteiger partial charge in [-0.05, 0) is 6.42 Å². The lowest BCUT2D eigenvalue weighted by atomic mass is 9.98. The summed E-state index contributed by atoms with van der Waals surface area (Å²) in [7, 11) is 0. The van der Waals surface area contributed by atoms with Crippen LogP contribution in [0.5, 0.6) is 0 Å². The van der Waals surface area contributed by atoms with E-state index in [1.54, 1.807) is 0 Å². The van der Waals surface area contributed by atoms with E-state index in [4.69, 9.17) is 5.11 Å². The highest BCUT2D eigenvalue weighted by Crippen LogP contribution is 2.17. The van der Waals surface area contributed by atoms with Crippen LogP contribution < -0.4 is 0 Å². The predicted molar refractivity (Wildman–Crippen MR) is 73.1 cm³/mol. The highest BCUT2D eigenvalue weighted by atomic mass is 32.1. The van der Waals surface area contributed by atoms with Crippen LogP contribution >= 0.6 is 12.6 Å². The molecule has 0 aliphatic carbocycles. The van der Waals surface area contributed by atoms with Gasteiger partial charge in [0, 0.05) is 5.75 Å². The molecule has 0 saturated heterocycles. The van der Waals surface area contributed by atoms with Crippen LogP contribution in [0.3, 0.4) is 0 Å². The van der Waals surface area contributed by atoms with Gasteiger partial charge in [-0.1, -0.05) is 58.3 Å². The van der Waals surface area contributed by atoms with Gasteiger partial charge in [-0.2, -0.15) is 12.6 Å². The Balaban J connectivity index is 3.26. The van der Waals surface area contributed by atoms with Gasteiger partial charge in [-0.15, -0.1) is 0 Å². The van der Waals surface area contributed by atoms with E-state index in [-0.39, 0.29) is 6.61 Å². The molecule has 0 radical (unpaired) electrons. The monoisotopic (exact) mass is 248 g/mol. The molecule has 0 fully saturated rings. The minimum absolute atomic E-state index is 0.174. The molecule has 2 N–H and O–H groups in total. The topological polar surface area (TPSA) is 40.5 Å². The third kappa shape index (κ3) is 8.43. The molecule has 2 nitrogen and oxygen atoms in total. The Morgan fingerprint density at radius 2 is 1.44 bits per heavy atom. The lowest BCUT2D eigenvalue weighted by Gasteiger charge is -2.23. The summed E-state index contributed by atoms with van der Waals surface area (Å²) < 4.78 is 0. The number of rotatable bonds is 11. The number of unbranched alkanes of at least 4 members (excludes halogenated alkanes) is 7. The summed E-state index contributed by atoms with van der Waals surface area (Å²) in [5.74, 6) is 0.347. The van der Waals surface area contributed by atoms with Crippen LogP contribution in [0.15, 0.2) is 0 Å². The summed E-state index contributed by atoms with van der Waals surface area (Å²) >= 11 is 4.05. The quantitative estimate of drug-likeness (QED) is 0.388. The minimum Gasteiger partial charge on any atom is -0.393 e. The van der Waals surface area contributed by atoms with Crippen molar-refractivity contribution in [1.82, 2.24) is 0 Å². The first-order chi connectivity index (χ1) is 7.68. The van der Waals surface area contributed by atoms with E-state index in [0.29, 0.717) is 12.2 Å². The Morgan fingerprint density at radius 1 is 0.938 bits per heavy atom. The molecule has 0 aromatic rings. The average Bonchev–Trinajstić information content (AvgIpc) is 2.32. The average molecular weight is 248 g/mol. The third-order valence-electron chi connectivity index (χ3n) is 3.08. The van der Waals surface area contributed by atoms with Crippen LogP contribution in [0.1, 0.15) is 64.7 Å². The highest BCUT2D eigenvalue weighted by Gasteiger charge is 2.22. The molecule has 16 heavy (non-hydrogen) atoms. The van der Waals surface area contributed by atoms with Crippen molar-refractivity contribution in [2.24, 2.45) is 0 Å². The van der Waals surface area contributed by atoms with Crippen LogP contribution in [-0.2, 0) is 0 Å². The van der Waals surface area contributed by atoms with Gasteiger partial charge in [0.25, 0.3) is 0 Å². The van der Waals surface area contributed by atoms with Crippen LogP contribution in [0.25, 0.3) is 0 Å². The molecule has 0 aromatic carbocycles. The molecule has 0 aliphatic rings. The predicted octanol–water partition coefficient (Wildman–Crippen LogP) is 3.17. The van der Waals surface area contributed by atoms with E-state index >= 15 is 0 Å². The SMILES string of the molecule is CCCCCCCCCCC(O)(CO)CS. The fourth-order valence-electron chi connectivity index (χ4n) is 1.80. The van der Waals surface area contributed by atoms with Crippen molar-refractivity contribution >= 4 is 12.6 Å². The summed E-state index contributed by atoms with van der Waals surface area (Å²) in [6.45, 7) is 2.06. The second kappa shape index (κ2) is 10.4. The fourth-order valence-corrected chi connectivity index (χ4v) is 2.05. The molecule has 3 heteroatoms. The maximum Gasteiger partial charge on any atom is 0.0964 e. The number of hydrogen-bond acceptors (Lipinski definition) is 3. The third-order valence-corrected chi connectivity index (χ3v) is 3.67. The Morgan fingerprint density at radius 3 is 1.88 bits per heavy atom. The maximum atomic E-state index is 9.78. The molecule has 0 aliphatic heterocycles.